The first-order valence-electron chi connectivity index (χ1n) is 10.2. The van der Waals surface area contributed by atoms with E-state index in [1.54, 1.807) is 17.3 Å². The topological polar surface area (TPSA) is 93.7 Å². The Kier molecular flexibility index (Phi) is 5.75. The van der Waals surface area contributed by atoms with Crippen molar-refractivity contribution in [2.45, 2.75) is 51.1 Å². The fourth-order valence-corrected chi connectivity index (χ4v) is 4.58. The van der Waals surface area contributed by atoms with Gasteiger partial charge in [-0.1, -0.05) is 29.8 Å². The monoisotopic (exact) mass is 427 g/mol. The van der Waals surface area contributed by atoms with E-state index in [2.05, 4.69) is 9.97 Å². The van der Waals surface area contributed by atoms with Crippen LogP contribution >= 0.6 is 11.6 Å². The second-order valence-corrected chi connectivity index (χ2v) is 8.51. The van der Waals surface area contributed by atoms with Crippen LogP contribution in [0.5, 0.6) is 0 Å². The molecule has 0 spiro atoms. The number of aryl methyl sites for hydroxylation is 1. The molecule has 8 heteroatoms. The summed E-state index contributed by atoms with van der Waals surface area (Å²) in [7, 11) is 0. The number of hydrogen-bond donors (Lipinski definition) is 1. The van der Waals surface area contributed by atoms with Crippen molar-refractivity contribution in [1.82, 2.24) is 14.9 Å². The number of carbonyl (C=O) groups is 1. The van der Waals surface area contributed by atoms with Crippen LogP contribution < -0.4 is 5.73 Å². The molecule has 1 fully saturated rings. The number of amides is 1. The van der Waals surface area contributed by atoms with Gasteiger partial charge >= 0.3 is 0 Å². The Morgan fingerprint density at radius 3 is 2.70 bits per heavy atom. The number of nitrogens with zero attached hydrogens (tertiary/aromatic N) is 4. The third kappa shape index (κ3) is 4.04. The van der Waals surface area contributed by atoms with Gasteiger partial charge in [0.05, 0.1) is 23.3 Å². The molecular formula is C22H26ClN5O2. The third-order valence-electron chi connectivity index (χ3n) is 5.79. The lowest BCUT2D eigenvalue weighted by Crippen LogP contribution is -2.55. The van der Waals surface area contributed by atoms with Crippen molar-refractivity contribution in [3.05, 3.63) is 58.1 Å². The van der Waals surface area contributed by atoms with Gasteiger partial charge in [0.2, 0.25) is 5.91 Å². The largest absolute Gasteiger partial charge is 0.381 e. The first-order chi connectivity index (χ1) is 14.4. The smallest absolute Gasteiger partial charge is 0.232 e. The van der Waals surface area contributed by atoms with Gasteiger partial charge in [0.1, 0.15) is 0 Å². The fraction of sp³-hybridized carbons (Fsp3) is 0.455. The molecule has 2 N–H and O–H groups in total. The summed E-state index contributed by atoms with van der Waals surface area (Å²) in [6, 6.07) is 5.86. The zero-order chi connectivity index (χ0) is 21.3. The number of aliphatic imine (C=N–C) groups is 1. The molecule has 0 saturated carbocycles. The lowest BCUT2D eigenvalue weighted by molar-refractivity contribution is -0.132. The van der Waals surface area contributed by atoms with Gasteiger partial charge in [-0.25, -0.2) is 4.99 Å². The number of hydrogen-bond acceptors (Lipinski definition) is 6. The van der Waals surface area contributed by atoms with Crippen LogP contribution in [0.1, 0.15) is 48.7 Å². The second-order valence-electron chi connectivity index (χ2n) is 8.13. The van der Waals surface area contributed by atoms with Crippen molar-refractivity contribution in [2.24, 2.45) is 10.7 Å². The van der Waals surface area contributed by atoms with Crippen LogP contribution in [0.15, 0.2) is 35.6 Å². The van der Waals surface area contributed by atoms with Crippen molar-refractivity contribution in [1.29, 1.82) is 0 Å². The highest BCUT2D eigenvalue weighted by molar-refractivity contribution is 6.32. The Bertz CT molecular complexity index is 972. The molecule has 0 unspecified atom stereocenters. The summed E-state index contributed by atoms with van der Waals surface area (Å²) in [6.07, 6.45) is 5.81. The molecule has 0 radical (unpaired) electrons. The van der Waals surface area contributed by atoms with Gasteiger partial charge in [0, 0.05) is 43.1 Å². The molecule has 0 aliphatic carbocycles. The summed E-state index contributed by atoms with van der Waals surface area (Å²) < 4.78 is 5.41. The summed E-state index contributed by atoms with van der Waals surface area (Å²) >= 11 is 6.79. The molecule has 1 aromatic carbocycles. The molecular weight excluding hydrogens is 402 g/mol. The Labute approximate surface area is 181 Å². The van der Waals surface area contributed by atoms with E-state index in [0.29, 0.717) is 24.7 Å². The second kappa shape index (κ2) is 8.32. The van der Waals surface area contributed by atoms with E-state index in [4.69, 9.17) is 27.1 Å². The number of aromatic nitrogens is 2. The number of nitrogens with two attached hydrogens (primary N) is 1. The van der Waals surface area contributed by atoms with Crippen LogP contribution in [0.4, 0.5) is 0 Å². The van der Waals surface area contributed by atoms with Crippen LogP contribution in [0.3, 0.4) is 0 Å². The predicted molar refractivity (Wildman–Crippen MR) is 115 cm³/mol. The highest BCUT2D eigenvalue weighted by Crippen LogP contribution is 2.39. The van der Waals surface area contributed by atoms with E-state index in [0.717, 1.165) is 35.4 Å². The van der Waals surface area contributed by atoms with Gasteiger partial charge in [-0.15, -0.1) is 0 Å². The average Bonchev–Trinajstić information content (AvgIpc) is 2.71. The molecule has 0 bridgehead atoms. The van der Waals surface area contributed by atoms with Gasteiger partial charge in [0.15, 0.2) is 5.96 Å². The zero-order valence-electron chi connectivity index (χ0n) is 17.3. The maximum absolute atomic E-state index is 13.1. The maximum atomic E-state index is 13.1. The van der Waals surface area contributed by atoms with Crippen LogP contribution in [0.2, 0.25) is 5.02 Å². The van der Waals surface area contributed by atoms with Gasteiger partial charge in [0.25, 0.3) is 0 Å². The first kappa shape index (κ1) is 20.8. The SMILES string of the molecule is Cc1cnc(Cc2cccc([C@]3(C)CC(=O)N(C4CCOCC4)C(N)=N3)c2Cl)cn1. The summed E-state index contributed by atoms with van der Waals surface area (Å²) in [4.78, 5) is 28.2. The Morgan fingerprint density at radius 1 is 1.27 bits per heavy atom. The third-order valence-corrected chi connectivity index (χ3v) is 6.24. The van der Waals surface area contributed by atoms with Crippen LogP contribution in [-0.4, -0.2) is 46.0 Å². The predicted octanol–water partition coefficient (Wildman–Crippen LogP) is 2.97. The normalized spacial score (nSPS) is 22.8. The summed E-state index contributed by atoms with van der Waals surface area (Å²) in [5, 5.41) is 0.589. The van der Waals surface area contributed by atoms with Gasteiger partial charge in [-0.2, -0.15) is 0 Å². The first-order valence-corrected chi connectivity index (χ1v) is 10.6. The van der Waals surface area contributed by atoms with E-state index in [-0.39, 0.29) is 24.3 Å². The molecule has 30 heavy (non-hydrogen) atoms. The lowest BCUT2D eigenvalue weighted by atomic mass is 9.85. The van der Waals surface area contributed by atoms with Crippen molar-refractivity contribution >= 4 is 23.5 Å². The minimum absolute atomic E-state index is 0.0252. The lowest BCUT2D eigenvalue weighted by Gasteiger charge is -2.40. The molecule has 1 atom stereocenters. The molecule has 1 aromatic heterocycles. The number of halogens is 1. The number of rotatable bonds is 4. The molecule has 158 valence electrons. The van der Waals surface area contributed by atoms with Crippen molar-refractivity contribution < 1.29 is 9.53 Å². The summed E-state index contributed by atoms with van der Waals surface area (Å²) in [5.41, 5.74) is 8.89. The molecule has 2 aliphatic heterocycles. The number of guanidine groups is 1. The van der Waals surface area contributed by atoms with Crippen molar-refractivity contribution in [2.75, 3.05) is 13.2 Å². The molecule has 2 aromatic rings. The maximum Gasteiger partial charge on any atom is 0.232 e. The number of carbonyl (C=O) groups excluding carboxylic acids is 1. The number of ether oxygens (including phenoxy) is 1. The Morgan fingerprint density at radius 2 is 2.03 bits per heavy atom. The van der Waals surface area contributed by atoms with Crippen molar-refractivity contribution in [3.8, 4) is 0 Å². The van der Waals surface area contributed by atoms with E-state index in [1.807, 2.05) is 32.0 Å². The highest BCUT2D eigenvalue weighted by Gasteiger charge is 2.41. The molecule has 1 saturated heterocycles. The molecule has 4 rings (SSSR count). The minimum Gasteiger partial charge on any atom is -0.381 e. The van der Waals surface area contributed by atoms with Crippen molar-refractivity contribution in [3.63, 3.8) is 0 Å². The summed E-state index contributed by atoms with van der Waals surface area (Å²) in [5.74, 6) is 0.231. The van der Waals surface area contributed by atoms with E-state index >= 15 is 0 Å². The quantitative estimate of drug-likeness (QED) is 0.809. The standard InChI is InChI=1S/C22H26ClN5O2/c1-14-12-26-16(13-25-14)10-15-4-3-5-18(20(15)23)22(2)11-19(29)28(21(24)27-22)17-6-8-30-9-7-17/h3-5,12-13,17H,6-11H2,1-2H3,(H2,24,27)/t22-/m0/s1. The fourth-order valence-electron chi connectivity index (χ4n) is 4.18. The summed E-state index contributed by atoms with van der Waals surface area (Å²) in [6.45, 7) is 5.08. The van der Waals surface area contributed by atoms with Gasteiger partial charge < -0.3 is 10.5 Å². The molecule has 2 aliphatic rings. The average molecular weight is 428 g/mol. The van der Waals surface area contributed by atoms with Gasteiger partial charge in [-0.05, 0) is 37.8 Å². The molecule has 1 amide bonds. The van der Waals surface area contributed by atoms with Crippen LogP contribution in [-0.2, 0) is 21.5 Å². The minimum atomic E-state index is -0.811. The van der Waals surface area contributed by atoms with Crippen LogP contribution in [0.25, 0.3) is 0 Å². The zero-order valence-corrected chi connectivity index (χ0v) is 18.0. The van der Waals surface area contributed by atoms with E-state index < -0.39 is 5.54 Å². The van der Waals surface area contributed by atoms with Crippen LogP contribution in [0, 0.1) is 6.92 Å². The Balaban J connectivity index is 1.63. The van der Waals surface area contributed by atoms with E-state index in [1.165, 1.54) is 0 Å². The highest BCUT2D eigenvalue weighted by atomic mass is 35.5. The number of benzene rings is 1. The molecule has 3 heterocycles. The van der Waals surface area contributed by atoms with Gasteiger partial charge in [-0.3, -0.25) is 19.7 Å². The Hall–Kier alpha value is -2.51. The molecule has 7 nitrogen and oxygen atoms in total. The van der Waals surface area contributed by atoms with E-state index in [9.17, 15) is 4.79 Å².